The summed E-state index contributed by atoms with van der Waals surface area (Å²) in [5.41, 5.74) is 2.45. The number of anilines is 1. The second-order valence-corrected chi connectivity index (χ2v) is 3.38. The highest BCUT2D eigenvalue weighted by Gasteiger charge is 2.22. The molecule has 0 unspecified atom stereocenters. The molecular weight excluding hydrogens is 176 g/mol. The van der Waals surface area contributed by atoms with Crippen LogP contribution >= 0.6 is 0 Å². The number of nitriles is 1. The van der Waals surface area contributed by atoms with Crippen LogP contribution in [-0.2, 0) is 11.2 Å². The molecule has 2 rings (SSSR count). The van der Waals surface area contributed by atoms with E-state index in [0.717, 1.165) is 17.7 Å². The zero-order valence-corrected chi connectivity index (χ0v) is 7.95. The minimum absolute atomic E-state index is 0.0835. The van der Waals surface area contributed by atoms with Crippen LogP contribution in [0, 0.1) is 11.3 Å². The molecule has 0 saturated heterocycles. The Kier molecular flexibility index (Phi) is 1.97. The molecule has 0 N–H and O–H groups in total. The smallest absolute Gasteiger partial charge is 0.227 e. The first-order valence-electron chi connectivity index (χ1n) is 4.52. The Balaban J connectivity index is 2.62. The van der Waals surface area contributed by atoms with Gasteiger partial charge in [-0.3, -0.25) is 4.79 Å². The average Bonchev–Trinajstić information content (AvgIpc) is 2.23. The van der Waals surface area contributed by atoms with Crippen molar-refractivity contribution in [1.29, 1.82) is 5.26 Å². The molecule has 0 atom stereocenters. The molecule has 14 heavy (non-hydrogen) atoms. The fraction of sp³-hybridized carbons (Fsp3) is 0.273. The zero-order chi connectivity index (χ0) is 10.1. The van der Waals surface area contributed by atoms with Crippen molar-refractivity contribution < 1.29 is 4.79 Å². The summed E-state index contributed by atoms with van der Waals surface area (Å²) < 4.78 is 0. The minimum Gasteiger partial charge on any atom is -0.314 e. The highest BCUT2D eigenvalue weighted by molar-refractivity contribution is 5.97. The normalized spacial score (nSPS) is 14.9. The van der Waals surface area contributed by atoms with Crippen molar-refractivity contribution in [3.63, 3.8) is 0 Å². The topological polar surface area (TPSA) is 44.1 Å². The average molecular weight is 186 g/mol. The molecule has 3 nitrogen and oxygen atoms in total. The minimum atomic E-state index is 0.0835. The monoisotopic (exact) mass is 186 g/mol. The Morgan fingerprint density at radius 3 is 2.93 bits per heavy atom. The van der Waals surface area contributed by atoms with Gasteiger partial charge in [-0.2, -0.15) is 5.26 Å². The molecule has 1 amide bonds. The summed E-state index contributed by atoms with van der Waals surface area (Å²) in [6, 6.07) is 7.69. The number of amides is 1. The van der Waals surface area contributed by atoms with Gasteiger partial charge < -0.3 is 4.90 Å². The Bertz CT molecular complexity index is 431. The van der Waals surface area contributed by atoms with Crippen LogP contribution in [0.3, 0.4) is 0 Å². The molecule has 1 aromatic rings. The lowest BCUT2D eigenvalue weighted by molar-refractivity contribution is -0.118. The summed E-state index contributed by atoms with van der Waals surface area (Å²) in [6.07, 6.45) is 1.28. The lowest BCUT2D eigenvalue weighted by atomic mass is 9.98. The van der Waals surface area contributed by atoms with Crippen LogP contribution in [0.25, 0.3) is 0 Å². The molecule has 0 bridgehead atoms. The standard InChI is InChI=1S/C11H10N2O/c1-13-10(14)6-5-8-3-2-4-9(7-12)11(8)13/h2-4H,5-6H2,1H3. The van der Waals surface area contributed by atoms with E-state index in [-0.39, 0.29) is 5.91 Å². The van der Waals surface area contributed by atoms with Crippen molar-refractivity contribution in [2.45, 2.75) is 12.8 Å². The molecule has 0 spiro atoms. The number of fused-ring (bicyclic) bond motifs is 1. The van der Waals surface area contributed by atoms with Gasteiger partial charge in [-0.25, -0.2) is 0 Å². The van der Waals surface area contributed by atoms with E-state index in [2.05, 4.69) is 6.07 Å². The number of aryl methyl sites for hydroxylation is 1. The fourth-order valence-corrected chi connectivity index (χ4v) is 1.81. The van der Waals surface area contributed by atoms with Crippen LogP contribution in [0.5, 0.6) is 0 Å². The third kappa shape index (κ3) is 1.16. The maximum atomic E-state index is 11.4. The van der Waals surface area contributed by atoms with Crippen LogP contribution in [-0.4, -0.2) is 13.0 Å². The third-order valence-corrected chi connectivity index (χ3v) is 2.56. The van der Waals surface area contributed by atoms with E-state index in [1.54, 1.807) is 18.0 Å². The Labute approximate surface area is 82.6 Å². The molecule has 1 heterocycles. The number of hydrogen-bond donors (Lipinski definition) is 0. The molecule has 0 saturated carbocycles. The molecule has 0 fully saturated rings. The summed E-state index contributed by atoms with van der Waals surface area (Å²) >= 11 is 0. The first-order valence-corrected chi connectivity index (χ1v) is 4.52. The van der Waals surface area contributed by atoms with E-state index >= 15 is 0 Å². The Morgan fingerprint density at radius 1 is 1.43 bits per heavy atom. The fourth-order valence-electron chi connectivity index (χ4n) is 1.81. The third-order valence-electron chi connectivity index (χ3n) is 2.56. The van der Waals surface area contributed by atoms with Gasteiger partial charge in [0.2, 0.25) is 5.91 Å². The number of carbonyl (C=O) groups excluding carboxylic acids is 1. The van der Waals surface area contributed by atoms with Crippen LogP contribution < -0.4 is 4.90 Å². The summed E-state index contributed by atoms with van der Waals surface area (Å²) in [5, 5.41) is 8.91. The molecule has 70 valence electrons. The molecule has 0 aliphatic carbocycles. The predicted octanol–water partition coefficient (Wildman–Crippen LogP) is 1.47. The number of rotatable bonds is 0. The SMILES string of the molecule is CN1C(=O)CCc2cccc(C#N)c21. The molecule has 1 aliphatic rings. The summed E-state index contributed by atoms with van der Waals surface area (Å²) in [4.78, 5) is 13.0. The van der Waals surface area contributed by atoms with Crippen LogP contribution in [0.4, 0.5) is 5.69 Å². The van der Waals surface area contributed by atoms with Gasteiger partial charge in [0.05, 0.1) is 11.3 Å². The first kappa shape index (κ1) is 8.76. The van der Waals surface area contributed by atoms with E-state index < -0.39 is 0 Å². The van der Waals surface area contributed by atoms with E-state index in [1.807, 2.05) is 12.1 Å². The molecule has 0 radical (unpaired) electrons. The number of hydrogen-bond acceptors (Lipinski definition) is 2. The van der Waals surface area contributed by atoms with Crippen LogP contribution in [0.15, 0.2) is 18.2 Å². The Morgan fingerprint density at radius 2 is 2.21 bits per heavy atom. The quantitative estimate of drug-likeness (QED) is 0.615. The second-order valence-electron chi connectivity index (χ2n) is 3.38. The van der Waals surface area contributed by atoms with Gasteiger partial charge >= 0.3 is 0 Å². The Hall–Kier alpha value is -1.82. The zero-order valence-electron chi connectivity index (χ0n) is 7.95. The lowest BCUT2D eigenvalue weighted by Gasteiger charge is -2.26. The second kappa shape index (κ2) is 3.15. The van der Waals surface area contributed by atoms with Crippen LogP contribution in [0.1, 0.15) is 17.5 Å². The largest absolute Gasteiger partial charge is 0.314 e. The van der Waals surface area contributed by atoms with E-state index in [9.17, 15) is 4.79 Å². The van der Waals surface area contributed by atoms with E-state index in [0.29, 0.717) is 12.0 Å². The number of nitrogens with zero attached hydrogens (tertiary/aromatic N) is 2. The summed E-state index contributed by atoms with van der Waals surface area (Å²) in [5.74, 6) is 0.0835. The molecule has 3 heteroatoms. The maximum absolute atomic E-state index is 11.4. The number of para-hydroxylation sites is 1. The van der Waals surface area contributed by atoms with Crippen LogP contribution in [0.2, 0.25) is 0 Å². The van der Waals surface area contributed by atoms with Crippen molar-refractivity contribution in [2.75, 3.05) is 11.9 Å². The lowest BCUT2D eigenvalue weighted by Crippen LogP contribution is -2.31. The summed E-state index contributed by atoms with van der Waals surface area (Å²) in [6.45, 7) is 0. The van der Waals surface area contributed by atoms with Crippen molar-refractivity contribution in [2.24, 2.45) is 0 Å². The van der Waals surface area contributed by atoms with E-state index in [1.165, 1.54) is 0 Å². The highest BCUT2D eigenvalue weighted by atomic mass is 16.2. The predicted molar refractivity (Wildman–Crippen MR) is 52.9 cm³/mol. The number of benzene rings is 1. The van der Waals surface area contributed by atoms with Crippen molar-refractivity contribution in [3.05, 3.63) is 29.3 Å². The number of carbonyl (C=O) groups is 1. The van der Waals surface area contributed by atoms with Gasteiger partial charge in [0.25, 0.3) is 0 Å². The van der Waals surface area contributed by atoms with Gasteiger partial charge in [0, 0.05) is 13.5 Å². The van der Waals surface area contributed by atoms with Crippen molar-refractivity contribution >= 4 is 11.6 Å². The molecule has 1 aliphatic heterocycles. The van der Waals surface area contributed by atoms with E-state index in [4.69, 9.17) is 5.26 Å². The van der Waals surface area contributed by atoms with Crippen molar-refractivity contribution in [3.8, 4) is 6.07 Å². The van der Waals surface area contributed by atoms with Gasteiger partial charge in [0.15, 0.2) is 0 Å². The van der Waals surface area contributed by atoms with Gasteiger partial charge in [-0.05, 0) is 18.1 Å². The van der Waals surface area contributed by atoms with Gasteiger partial charge in [-0.15, -0.1) is 0 Å². The molecule has 0 aromatic heterocycles. The summed E-state index contributed by atoms with van der Waals surface area (Å²) in [7, 11) is 1.72. The van der Waals surface area contributed by atoms with Gasteiger partial charge in [0.1, 0.15) is 6.07 Å². The first-order chi connectivity index (χ1) is 6.74. The maximum Gasteiger partial charge on any atom is 0.227 e. The molecule has 1 aromatic carbocycles. The molecular formula is C11H10N2O. The highest BCUT2D eigenvalue weighted by Crippen LogP contribution is 2.29. The van der Waals surface area contributed by atoms with Crippen molar-refractivity contribution in [1.82, 2.24) is 0 Å². The van der Waals surface area contributed by atoms with Gasteiger partial charge in [-0.1, -0.05) is 12.1 Å².